The standard InChI is InChI=1S/C9H12O4/c1-4-5-8(7(2)12-3)13-6-9(10)11/h4-5H,1-2,6H2,3H3,(H,10,11). The van der Waals surface area contributed by atoms with Crippen LogP contribution in [-0.2, 0) is 14.3 Å². The van der Waals surface area contributed by atoms with Crippen molar-refractivity contribution >= 4 is 5.97 Å². The van der Waals surface area contributed by atoms with Crippen molar-refractivity contribution in [1.29, 1.82) is 0 Å². The van der Waals surface area contributed by atoms with Gasteiger partial charge in [-0.3, -0.25) is 0 Å². The molecule has 1 N–H and O–H groups in total. The van der Waals surface area contributed by atoms with E-state index >= 15 is 0 Å². The van der Waals surface area contributed by atoms with Crippen LogP contribution in [-0.4, -0.2) is 24.8 Å². The highest BCUT2D eigenvalue weighted by molar-refractivity contribution is 5.68. The molecule has 0 bridgehead atoms. The van der Waals surface area contributed by atoms with Crippen LogP contribution in [0.4, 0.5) is 0 Å². The van der Waals surface area contributed by atoms with Crippen molar-refractivity contribution in [3.05, 3.63) is 36.8 Å². The van der Waals surface area contributed by atoms with E-state index in [1.54, 1.807) is 0 Å². The van der Waals surface area contributed by atoms with Crippen LogP contribution >= 0.6 is 0 Å². The number of methoxy groups -OCH3 is 1. The average molecular weight is 184 g/mol. The molecule has 0 heterocycles. The number of allylic oxidation sites excluding steroid dienone is 2. The largest absolute Gasteiger partial charge is 0.493 e. The minimum absolute atomic E-state index is 0.264. The van der Waals surface area contributed by atoms with Crippen molar-refractivity contribution < 1.29 is 19.4 Å². The van der Waals surface area contributed by atoms with Gasteiger partial charge in [0.1, 0.15) is 0 Å². The molecular formula is C9H12O4. The second kappa shape index (κ2) is 5.88. The van der Waals surface area contributed by atoms with E-state index in [1.807, 2.05) is 0 Å². The molecule has 0 aliphatic heterocycles. The van der Waals surface area contributed by atoms with Crippen LogP contribution in [0, 0.1) is 0 Å². The van der Waals surface area contributed by atoms with Gasteiger partial charge in [-0.25, -0.2) is 4.79 Å². The molecule has 0 aliphatic carbocycles. The van der Waals surface area contributed by atoms with Gasteiger partial charge < -0.3 is 14.6 Å². The number of rotatable bonds is 6. The number of aliphatic carboxylic acids is 1. The summed E-state index contributed by atoms with van der Waals surface area (Å²) in [5, 5.41) is 8.34. The molecule has 0 saturated heterocycles. The summed E-state index contributed by atoms with van der Waals surface area (Å²) in [7, 11) is 1.42. The summed E-state index contributed by atoms with van der Waals surface area (Å²) in [4.78, 5) is 10.2. The molecule has 0 saturated carbocycles. The Bertz CT molecular complexity index is 240. The van der Waals surface area contributed by atoms with E-state index in [9.17, 15) is 4.79 Å². The molecule has 4 heteroatoms. The van der Waals surface area contributed by atoms with E-state index in [0.717, 1.165) is 0 Å². The molecule has 0 unspecified atom stereocenters. The van der Waals surface area contributed by atoms with Gasteiger partial charge in [0.05, 0.1) is 7.11 Å². The predicted molar refractivity (Wildman–Crippen MR) is 48.0 cm³/mol. The van der Waals surface area contributed by atoms with Crippen molar-refractivity contribution in [3.63, 3.8) is 0 Å². The highest BCUT2D eigenvalue weighted by Gasteiger charge is 2.05. The van der Waals surface area contributed by atoms with E-state index in [1.165, 1.54) is 19.3 Å². The van der Waals surface area contributed by atoms with Crippen molar-refractivity contribution in [3.8, 4) is 0 Å². The lowest BCUT2D eigenvalue weighted by Crippen LogP contribution is -2.08. The van der Waals surface area contributed by atoms with Gasteiger partial charge in [-0.2, -0.15) is 0 Å². The van der Waals surface area contributed by atoms with Gasteiger partial charge in [-0.1, -0.05) is 19.2 Å². The molecular weight excluding hydrogens is 172 g/mol. The van der Waals surface area contributed by atoms with Gasteiger partial charge in [0.2, 0.25) is 0 Å². The van der Waals surface area contributed by atoms with Crippen LogP contribution in [0.15, 0.2) is 36.8 Å². The topological polar surface area (TPSA) is 55.8 Å². The number of hydrogen-bond donors (Lipinski definition) is 1. The van der Waals surface area contributed by atoms with Crippen molar-refractivity contribution in [2.75, 3.05) is 13.7 Å². The molecule has 0 amide bonds. The van der Waals surface area contributed by atoms with E-state index in [2.05, 4.69) is 13.2 Å². The van der Waals surface area contributed by atoms with Crippen LogP contribution in [0.25, 0.3) is 0 Å². The highest BCUT2D eigenvalue weighted by atomic mass is 16.5. The van der Waals surface area contributed by atoms with E-state index in [0.29, 0.717) is 0 Å². The fraction of sp³-hybridized carbons (Fsp3) is 0.222. The third-order valence-electron chi connectivity index (χ3n) is 1.14. The van der Waals surface area contributed by atoms with Crippen LogP contribution in [0.2, 0.25) is 0 Å². The predicted octanol–water partition coefficient (Wildman–Crippen LogP) is 1.32. The number of hydrogen-bond acceptors (Lipinski definition) is 3. The quantitative estimate of drug-likeness (QED) is 0.499. The molecule has 13 heavy (non-hydrogen) atoms. The maximum absolute atomic E-state index is 10.2. The smallest absolute Gasteiger partial charge is 0.341 e. The zero-order chi connectivity index (χ0) is 10.3. The van der Waals surface area contributed by atoms with Crippen molar-refractivity contribution in [2.45, 2.75) is 0 Å². The molecule has 0 aromatic carbocycles. The molecule has 0 aromatic rings. The van der Waals surface area contributed by atoms with E-state index in [4.69, 9.17) is 14.6 Å². The monoisotopic (exact) mass is 184 g/mol. The summed E-state index contributed by atoms with van der Waals surface area (Å²) in [6.07, 6.45) is 2.94. The van der Waals surface area contributed by atoms with Crippen LogP contribution in [0.1, 0.15) is 0 Å². The number of ether oxygens (including phenoxy) is 2. The minimum atomic E-state index is -1.06. The summed E-state index contributed by atoms with van der Waals surface area (Å²) < 4.78 is 9.63. The lowest BCUT2D eigenvalue weighted by molar-refractivity contribution is -0.140. The lowest BCUT2D eigenvalue weighted by Gasteiger charge is -2.08. The Morgan fingerprint density at radius 3 is 2.62 bits per heavy atom. The van der Waals surface area contributed by atoms with Gasteiger partial charge in [0, 0.05) is 0 Å². The first-order valence-electron chi connectivity index (χ1n) is 3.52. The fourth-order valence-corrected chi connectivity index (χ4v) is 0.569. The molecule has 0 spiro atoms. The Morgan fingerprint density at radius 1 is 1.62 bits per heavy atom. The second-order valence-corrected chi connectivity index (χ2v) is 2.08. The number of carbonyl (C=O) groups is 1. The first-order chi connectivity index (χ1) is 6.11. The van der Waals surface area contributed by atoms with Crippen LogP contribution in [0.5, 0.6) is 0 Å². The minimum Gasteiger partial charge on any atom is -0.493 e. The maximum atomic E-state index is 10.2. The summed E-state index contributed by atoms with van der Waals surface area (Å²) >= 11 is 0. The molecule has 0 aromatic heterocycles. The van der Waals surface area contributed by atoms with Gasteiger partial charge in [0.25, 0.3) is 0 Å². The normalized spacial score (nSPS) is 10.4. The number of carboxylic acids is 1. The summed E-state index contributed by atoms with van der Waals surface area (Å²) in [5.41, 5.74) is 0. The van der Waals surface area contributed by atoms with E-state index in [-0.39, 0.29) is 11.5 Å². The van der Waals surface area contributed by atoms with Gasteiger partial charge in [-0.15, -0.1) is 0 Å². The Morgan fingerprint density at radius 2 is 2.23 bits per heavy atom. The van der Waals surface area contributed by atoms with Crippen molar-refractivity contribution in [2.24, 2.45) is 0 Å². The Hall–Kier alpha value is -1.71. The highest BCUT2D eigenvalue weighted by Crippen LogP contribution is 2.09. The third-order valence-corrected chi connectivity index (χ3v) is 1.14. The van der Waals surface area contributed by atoms with Crippen LogP contribution < -0.4 is 0 Å². The van der Waals surface area contributed by atoms with Gasteiger partial charge in [0.15, 0.2) is 18.1 Å². The third kappa shape index (κ3) is 4.68. The Kier molecular flexibility index (Phi) is 5.11. The van der Waals surface area contributed by atoms with Crippen molar-refractivity contribution in [1.82, 2.24) is 0 Å². The summed E-state index contributed by atoms with van der Waals surface area (Å²) in [6, 6.07) is 0. The lowest BCUT2D eigenvalue weighted by atomic mass is 10.4. The molecule has 0 atom stereocenters. The average Bonchev–Trinajstić information content (AvgIpc) is 2.10. The molecule has 72 valence electrons. The van der Waals surface area contributed by atoms with E-state index < -0.39 is 12.6 Å². The summed E-state index contributed by atoms with van der Waals surface area (Å²) in [5.74, 6) is -0.528. The maximum Gasteiger partial charge on any atom is 0.341 e. The Balaban J connectivity index is 4.27. The zero-order valence-corrected chi connectivity index (χ0v) is 7.45. The molecule has 0 fully saturated rings. The molecule has 0 radical (unpaired) electrons. The van der Waals surface area contributed by atoms with Gasteiger partial charge in [-0.05, 0) is 6.08 Å². The van der Waals surface area contributed by atoms with Gasteiger partial charge >= 0.3 is 5.97 Å². The van der Waals surface area contributed by atoms with Crippen LogP contribution in [0.3, 0.4) is 0 Å². The first-order valence-corrected chi connectivity index (χ1v) is 3.52. The summed E-state index contributed by atoms with van der Waals surface area (Å²) in [6.45, 7) is 6.53. The Labute approximate surface area is 76.8 Å². The molecule has 4 nitrogen and oxygen atoms in total. The molecule has 0 rings (SSSR count). The zero-order valence-electron chi connectivity index (χ0n) is 7.45. The number of carboxylic acid groups (broad SMARTS) is 1. The first kappa shape index (κ1) is 11.3. The fourth-order valence-electron chi connectivity index (χ4n) is 0.569. The SMILES string of the molecule is C=CC=C(OCC(=O)O)C(=C)OC. The molecule has 0 aliphatic rings. The second-order valence-electron chi connectivity index (χ2n) is 2.08.